The number of phenols is 1. The summed E-state index contributed by atoms with van der Waals surface area (Å²) in [6, 6.07) is 11.3. The summed E-state index contributed by atoms with van der Waals surface area (Å²) in [5.41, 5.74) is 7.71. The summed E-state index contributed by atoms with van der Waals surface area (Å²) >= 11 is 0. The highest BCUT2D eigenvalue weighted by Crippen LogP contribution is 2.24. The van der Waals surface area contributed by atoms with Crippen molar-refractivity contribution in [1.29, 1.82) is 0 Å². The maximum absolute atomic E-state index is 9.99. The lowest BCUT2D eigenvalue weighted by molar-refractivity contribution is 0.407. The molecule has 0 aromatic heterocycles. The van der Waals surface area contributed by atoms with Gasteiger partial charge in [0.05, 0.1) is 18.5 Å². The molecule has 0 aliphatic carbocycles. The molecule has 110 valence electrons. The quantitative estimate of drug-likeness (QED) is 0.662. The normalized spacial score (nSPS) is 11.3. The maximum atomic E-state index is 9.99. The van der Waals surface area contributed by atoms with E-state index in [4.69, 9.17) is 4.74 Å². The fourth-order valence-corrected chi connectivity index (χ4v) is 2.09. The molecule has 0 atom stereocenters. The number of rotatable bonds is 4. The Kier molecular flexibility index (Phi) is 4.48. The van der Waals surface area contributed by atoms with E-state index < -0.39 is 0 Å². The number of aryl methyl sites for hydroxylation is 2. The molecule has 2 N–H and O–H groups in total. The van der Waals surface area contributed by atoms with Crippen LogP contribution in [-0.2, 0) is 0 Å². The number of phenolic OH excluding ortho intramolecular Hbond substituents is 1. The van der Waals surface area contributed by atoms with Crippen LogP contribution >= 0.6 is 0 Å². The first-order valence-electron chi connectivity index (χ1n) is 6.76. The van der Waals surface area contributed by atoms with E-state index in [0.717, 1.165) is 11.3 Å². The minimum absolute atomic E-state index is 0.151. The van der Waals surface area contributed by atoms with Crippen LogP contribution in [0.3, 0.4) is 0 Å². The number of hydrogen-bond acceptors (Lipinski definition) is 4. The van der Waals surface area contributed by atoms with E-state index in [1.165, 1.54) is 5.56 Å². The third-order valence-electron chi connectivity index (χ3n) is 3.32. The van der Waals surface area contributed by atoms with Gasteiger partial charge in [-0.25, -0.2) is 0 Å². The zero-order chi connectivity index (χ0) is 15.4. The van der Waals surface area contributed by atoms with Gasteiger partial charge in [-0.15, -0.1) is 0 Å². The van der Waals surface area contributed by atoms with Crippen molar-refractivity contribution in [3.63, 3.8) is 0 Å². The summed E-state index contributed by atoms with van der Waals surface area (Å²) < 4.78 is 5.07. The van der Waals surface area contributed by atoms with Crippen LogP contribution in [0.5, 0.6) is 11.5 Å². The molecular weight excluding hydrogens is 264 g/mol. The number of ether oxygens (including phenoxy) is 1. The van der Waals surface area contributed by atoms with Crippen LogP contribution in [0.4, 0.5) is 5.69 Å². The van der Waals surface area contributed by atoms with E-state index in [1.54, 1.807) is 25.3 Å². The maximum Gasteiger partial charge on any atom is 0.128 e. The molecule has 0 bridgehead atoms. The Balaban J connectivity index is 2.21. The SMILES string of the molecule is COc1ccc(/C(C)=N/Nc2ccc(C)cc2C)c(O)c1. The van der Waals surface area contributed by atoms with Crippen molar-refractivity contribution in [1.82, 2.24) is 0 Å². The van der Waals surface area contributed by atoms with E-state index in [9.17, 15) is 5.11 Å². The highest BCUT2D eigenvalue weighted by atomic mass is 16.5. The van der Waals surface area contributed by atoms with E-state index >= 15 is 0 Å². The second-order valence-corrected chi connectivity index (χ2v) is 5.01. The van der Waals surface area contributed by atoms with Gasteiger partial charge in [0.15, 0.2) is 0 Å². The van der Waals surface area contributed by atoms with Gasteiger partial charge in [-0.3, -0.25) is 5.43 Å². The van der Waals surface area contributed by atoms with Crippen LogP contribution in [0.1, 0.15) is 23.6 Å². The van der Waals surface area contributed by atoms with Gasteiger partial charge in [-0.05, 0) is 44.5 Å². The van der Waals surface area contributed by atoms with Crippen LogP contribution in [-0.4, -0.2) is 17.9 Å². The van der Waals surface area contributed by atoms with Crippen molar-refractivity contribution in [2.45, 2.75) is 20.8 Å². The van der Waals surface area contributed by atoms with E-state index in [-0.39, 0.29) is 5.75 Å². The molecule has 4 heteroatoms. The summed E-state index contributed by atoms with van der Waals surface area (Å²) in [6.45, 7) is 5.93. The van der Waals surface area contributed by atoms with Crippen LogP contribution in [0.25, 0.3) is 0 Å². The Morgan fingerprint density at radius 3 is 2.52 bits per heavy atom. The molecule has 0 aliphatic rings. The Labute approximate surface area is 125 Å². The van der Waals surface area contributed by atoms with Gasteiger partial charge in [0.2, 0.25) is 0 Å². The van der Waals surface area contributed by atoms with Gasteiger partial charge in [-0.1, -0.05) is 17.7 Å². The van der Waals surface area contributed by atoms with Gasteiger partial charge < -0.3 is 9.84 Å². The fourth-order valence-electron chi connectivity index (χ4n) is 2.09. The Morgan fingerprint density at radius 2 is 1.90 bits per heavy atom. The molecule has 0 spiro atoms. The molecule has 4 nitrogen and oxygen atoms in total. The third kappa shape index (κ3) is 3.54. The minimum Gasteiger partial charge on any atom is -0.507 e. The summed E-state index contributed by atoms with van der Waals surface area (Å²) in [5.74, 6) is 0.768. The van der Waals surface area contributed by atoms with Crippen molar-refractivity contribution < 1.29 is 9.84 Å². The smallest absolute Gasteiger partial charge is 0.128 e. The monoisotopic (exact) mass is 284 g/mol. The van der Waals surface area contributed by atoms with E-state index in [1.807, 2.05) is 26.0 Å². The van der Waals surface area contributed by atoms with Crippen molar-refractivity contribution in [2.24, 2.45) is 5.10 Å². The lowest BCUT2D eigenvalue weighted by Crippen LogP contribution is -2.01. The van der Waals surface area contributed by atoms with E-state index in [2.05, 4.69) is 23.5 Å². The van der Waals surface area contributed by atoms with Crippen molar-refractivity contribution in [2.75, 3.05) is 12.5 Å². The molecule has 0 radical (unpaired) electrons. The predicted octanol–water partition coefficient (Wildman–Crippen LogP) is 3.85. The molecule has 0 unspecified atom stereocenters. The van der Waals surface area contributed by atoms with Gasteiger partial charge in [0, 0.05) is 11.6 Å². The number of nitrogens with one attached hydrogen (secondary N) is 1. The summed E-state index contributed by atoms with van der Waals surface area (Å²) in [5, 5.41) is 14.3. The number of benzene rings is 2. The van der Waals surface area contributed by atoms with Crippen molar-refractivity contribution in [3.05, 3.63) is 53.1 Å². The molecule has 0 saturated carbocycles. The minimum atomic E-state index is 0.151. The Hall–Kier alpha value is -2.49. The highest BCUT2D eigenvalue weighted by molar-refractivity contribution is 6.01. The average molecular weight is 284 g/mol. The van der Waals surface area contributed by atoms with Gasteiger partial charge in [0.1, 0.15) is 11.5 Å². The zero-order valence-corrected chi connectivity index (χ0v) is 12.8. The zero-order valence-electron chi connectivity index (χ0n) is 12.8. The molecule has 0 fully saturated rings. The number of nitrogens with zero attached hydrogens (tertiary/aromatic N) is 1. The lowest BCUT2D eigenvalue weighted by Gasteiger charge is -2.09. The third-order valence-corrected chi connectivity index (χ3v) is 3.32. The lowest BCUT2D eigenvalue weighted by atomic mass is 10.1. The highest BCUT2D eigenvalue weighted by Gasteiger charge is 2.06. The molecular formula is C17H20N2O2. The number of aromatic hydroxyl groups is 1. The second-order valence-electron chi connectivity index (χ2n) is 5.01. The number of anilines is 1. The average Bonchev–Trinajstić information content (AvgIpc) is 2.45. The first kappa shape index (κ1) is 14.9. The molecule has 2 aromatic rings. The summed E-state index contributed by atoms with van der Waals surface area (Å²) in [4.78, 5) is 0. The molecule has 0 amide bonds. The van der Waals surface area contributed by atoms with Gasteiger partial charge >= 0.3 is 0 Å². The van der Waals surface area contributed by atoms with Crippen LogP contribution in [0, 0.1) is 13.8 Å². The number of hydrogen-bond donors (Lipinski definition) is 2. The molecule has 0 saturated heterocycles. The fraction of sp³-hybridized carbons (Fsp3) is 0.235. The van der Waals surface area contributed by atoms with Crippen LogP contribution < -0.4 is 10.2 Å². The molecule has 21 heavy (non-hydrogen) atoms. The van der Waals surface area contributed by atoms with Crippen LogP contribution in [0.15, 0.2) is 41.5 Å². The predicted molar refractivity (Wildman–Crippen MR) is 86.4 cm³/mol. The molecule has 0 heterocycles. The van der Waals surface area contributed by atoms with Crippen LogP contribution in [0.2, 0.25) is 0 Å². The Morgan fingerprint density at radius 1 is 1.14 bits per heavy atom. The van der Waals surface area contributed by atoms with Crippen molar-refractivity contribution in [3.8, 4) is 11.5 Å². The second kappa shape index (κ2) is 6.31. The first-order chi connectivity index (χ1) is 10.0. The molecule has 2 rings (SSSR count). The Bertz CT molecular complexity index is 678. The number of methoxy groups -OCH3 is 1. The van der Waals surface area contributed by atoms with E-state index in [0.29, 0.717) is 17.0 Å². The van der Waals surface area contributed by atoms with Crippen molar-refractivity contribution >= 4 is 11.4 Å². The van der Waals surface area contributed by atoms with Gasteiger partial charge in [0.25, 0.3) is 0 Å². The standard InChI is InChI=1S/C17H20N2O2/c1-11-5-8-16(12(2)9-11)19-18-13(3)15-7-6-14(21-4)10-17(15)20/h5-10,19-20H,1-4H3/b18-13+. The molecule has 2 aromatic carbocycles. The topological polar surface area (TPSA) is 53.8 Å². The molecule has 0 aliphatic heterocycles. The largest absolute Gasteiger partial charge is 0.507 e. The summed E-state index contributed by atoms with van der Waals surface area (Å²) in [6.07, 6.45) is 0. The summed E-state index contributed by atoms with van der Waals surface area (Å²) in [7, 11) is 1.57. The van der Waals surface area contributed by atoms with Gasteiger partial charge in [-0.2, -0.15) is 5.10 Å². The number of hydrazone groups is 1. The first-order valence-corrected chi connectivity index (χ1v) is 6.76.